The van der Waals surface area contributed by atoms with Gasteiger partial charge in [-0.1, -0.05) is 13.0 Å². The van der Waals surface area contributed by atoms with E-state index in [9.17, 15) is 5.26 Å². The van der Waals surface area contributed by atoms with E-state index in [4.69, 9.17) is 5.73 Å². The number of nitriles is 1. The van der Waals surface area contributed by atoms with Gasteiger partial charge in [0.05, 0.1) is 11.3 Å². The molecule has 1 aromatic rings. The molecule has 0 radical (unpaired) electrons. The normalized spacial score (nSPS) is 19.6. The molecule has 18 heavy (non-hydrogen) atoms. The highest BCUT2D eigenvalue weighted by Gasteiger charge is 2.20. The molecule has 0 bridgehead atoms. The Kier molecular flexibility index (Phi) is 4.51. The topological polar surface area (TPSA) is 53.0 Å². The second-order valence-electron chi connectivity index (χ2n) is 4.54. The third-order valence-electron chi connectivity index (χ3n) is 3.21. The molecular formula is C14H19N3S. The number of anilines is 1. The minimum atomic E-state index is 0.229. The monoisotopic (exact) mass is 261 g/mol. The van der Waals surface area contributed by atoms with Crippen molar-refractivity contribution >= 4 is 17.4 Å². The van der Waals surface area contributed by atoms with Crippen LogP contribution in [-0.4, -0.2) is 24.9 Å². The highest BCUT2D eigenvalue weighted by atomic mass is 32.2. The fourth-order valence-electron chi connectivity index (χ4n) is 2.40. The van der Waals surface area contributed by atoms with Crippen molar-refractivity contribution in [1.82, 2.24) is 0 Å². The number of benzene rings is 1. The highest BCUT2D eigenvalue weighted by molar-refractivity contribution is 7.99. The molecular weight excluding hydrogens is 242 g/mol. The van der Waals surface area contributed by atoms with Crippen molar-refractivity contribution in [3.63, 3.8) is 0 Å². The molecule has 1 aliphatic rings. The van der Waals surface area contributed by atoms with Gasteiger partial charge < -0.3 is 10.6 Å². The first kappa shape index (κ1) is 13.3. The van der Waals surface area contributed by atoms with Crippen LogP contribution in [0, 0.1) is 11.3 Å². The predicted octanol–water partition coefficient (Wildman–Crippen LogP) is 2.60. The van der Waals surface area contributed by atoms with Crippen LogP contribution in [0.2, 0.25) is 0 Å². The second-order valence-corrected chi connectivity index (χ2v) is 5.85. The Morgan fingerprint density at radius 1 is 1.56 bits per heavy atom. The molecule has 0 saturated carbocycles. The zero-order chi connectivity index (χ0) is 13.0. The largest absolute Gasteiger partial charge is 0.369 e. The fourth-order valence-corrected chi connectivity index (χ4v) is 3.18. The predicted molar refractivity (Wildman–Crippen MR) is 77.0 cm³/mol. The molecule has 4 heteroatoms. The van der Waals surface area contributed by atoms with Crippen molar-refractivity contribution < 1.29 is 0 Å². The summed E-state index contributed by atoms with van der Waals surface area (Å²) in [6.07, 6.45) is 2.19. The van der Waals surface area contributed by atoms with Crippen LogP contribution in [0.4, 0.5) is 5.69 Å². The first-order chi connectivity index (χ1) is 8.76. The SMILES string of the molecule is CCSc1cccc(N2CCC[C@@H](N)C2)c1C#N. The molecule has 1 heterocycles. The van der Waals surface area contributed by atoms with Crippen molar-refractivity contribution in [3.05, 3.63) is 23.8 Å². The minimum absolute atomic E-state index is 0.229. The zero-order valence-electron chi connectivity index (χ0n) is 10.7. The second kappa shape index (κ2) is 6.12. The number of nitrogens with zero attached hydrogens (tertiary/aromatic N) is 2. The molecule has 1 aliphatic heterocycles. The van der Waals surface area contributed by atoms with Crippen molar-refractivity contribution in [1.29, 1.82) is 5.26 Å². The lowest BCUT2D eigenvalue weighted by Gasteiger charge is -2.33. The minimum Gasteiger partial charge on any atom is -0.369 e. The third kappa shape index (κ3) is 2.80. The van der Waals surface area contributed by atoms with Gasteiger partial charge in [-0.15, -0.1) is 11.8 Å². The fraction of sp³-hybridized carbons (Fsp3) is 0.500. The standard InChI is InChI=1S/C14H19N3S/c1-2-18-14-7-3-6-13(12(14)9-15)17-8-4-5-11(16)10-17/h3,6-7,11H,2,4-5,8,10,16H2,1H3/t11-/m1/s1. The Labute approximate surface area is 113 Å². The van der Waals surface area contributed by atoms with Crippen LogP contribution < -0.4 is 10.6 Å². The van der Waals surface area contributed by atoms with E-state index in [1.54, 1.807) is 11.8 Å². The Morgan fingerprint density at radius 3 is 3.06 bits per heavy atom. The van der Waals surface area contributed by atoms with Crippen LogP contribution in [0.3, 0.4) is 0 Å². The van der Waals surface area contributed by atoms with Gasteiger partial charge in [0.1, 0.15) is 6.07 Å². The molecule has 0 spiro atoms. The van der Waals surface area contributed by atoms with Crippen LogP contribution in [0.1, 0.15) is 25.3 Å². The van der Waals surface area contributed by atoms with Crippen molar-refractivity contribution in [2.75, 3.05) is 23.7 Å². The lowest BCUT2D eigenvalue weighted by Crippen LogP contribution is -2.43. The maximum atomic E-state index is 9.40. The van der Waals surface area contributed by atoms with Gasteiger partial charge in [-0.25, -0.2) is 0 Å². The van der Waals surface area contributed by atoms with Gasteiger partial charge in [0.15, 0.2) is 0 Å². The van der Waals surface area contributed by atoms with Gasteiger partial charge in [0.2, 0.25) is 0 Å². The highest BCUT2D eigenvalue weighted by Crippen LogP contribution is 2.31. The third-order valence-corrected chi connectivity index (χ3v) is 4.15. The van der Waals surface area contributed by atoms with Gasteiger partial charge in [-0.2, -0.15) is 5.26 Å². The number of hydrogen-bond donors (Lipinski definition) is 1. The van der Waals surface area contributed by atoms with Crippen molar-refractivity contribution in [2.24, 2.45) is 5.73 Å². The zero-order valence-corrected chi connectivity index (χ0v) is 11.5. The van der Waals surface area contributed by atoms with Gasteiger partial charge in [-0.3, -0.25) is 0 Å². The Bertz CT molecular complexity index is 453. The van der Waals surface area contributed by atoms with Crippen molar-refractivity contribution in [3.8, 4) is 6.07 Å². The summed E-state index contributed by atoms with van der Waals surface area (Å²) in [5, 5.41) is 9.40. The van der Waals surface area contributed by atoms with E-state index in [1.807, 2.05) is 18.2 Å². The van der Waals surface area contributed by atoms with Crippen LogP contribution >= 0.6 is 11.8 Å². The summed E-state index contributed by atoms with van der Waals surface area (Å²) in [5.74, 6) is 0.984. The number of hydrogen-bond acceptors (Lipinski definition) is 4. The lowest BCUT2D eigenvalue weighted by molar-refractivity contribution is 0.506. The van der Waals surface area contributed by atoms with Gasteiger partial charge in [-0.05, 0) is 30.7 Å². The molecule has 2 N–H and O–H groups in total. The van der Waals surface area contributed by atoms with E-state index in [0.717, 1.165) is 47.8 Å². The van der Waals surface area contributed by atoms with Crippen LogP contribution in [0.15, 0.2) is 23.1 Å². The maximum Gasteiger partial charge on any atom is 0.103 e. The van der Waals surface area contributed by atoms with Gasteiger partial charge >= 0.3 is 0 Å². The molecule has 0 aromatic heterocycles. The smallest absolute Gasteiger partial charge is 0.103 e. The molecule has 1 fully saturated rings. The molecule has 1 saturated heterocycles. The van der Waals surface area contributed by atoms with E-state index in [0.29, 0.717) is 0 Å². The van der Waals surface area contributed by atoms with Crippen LogP contribution in [0.5, 0.6) is 0 Å². The van der Waals surface area contributed by atoms with Crippen LogP contribution in [-0.2, 0) is 0 Å². The summed E-state index contributed by atoms with van der Waals surface area (Å²) in [6, 6.07) is 8.69. The molecule has 2 rings (SSSR count). The van der Waals surface area contributed by atoms with Crippen LogP contribution in [0.25, 0.3) is 0 Å². The summed E-state index contributed by atoms with van der Waals surface area (Å²) >= 11 is 1.73. The quantitative estimate of drug-likeness (QED) is 0.850. The molecule has 1 atom stereocenters. The summed E-state index contributed by atoms with van der Waals surface area (Å²) in [7, 11) is 0. The van der Waals surface area contributed by atoms with Crippen molar-refractivity contribution in [2.45, 2.75) is 30.7 Å². The first-order valence-electron chi connectivity index (χ1n) is 6.42. The van der Waals surface area contributed by atoms with E-state index < -0.39 is 0 Å². The molecule has 96 valence electrons. The maximum absolute atomic E-state index is 9.40. The molecule has 1 aromatic carbocycles. The van der Waals surface area contributed by atoms with Gasteiger partial charge in [0.25, 0.3) is 0 Å². The summed E-state index contributed by atoms with van der Waals surface area (Å²) in [6.45, 7) is 3.97. The number of nitrogens with two attached hydrogens (primary N) is 1. The average molecular weight is 261 g/mol. The number of rotatable bonds is 3. The molecule has 3 nitrogen and oxygen atoms in total. The van der Waals surface area contributed by atoms with Gasteiger partial charge in [0, 0.05) is 24.0 Å². The van der Waals surface area contributed by atoms with E-state index in [-0.39, 0.29) is 6.04 Å². The van der Waals surface area contributed by atoms with E-state index in [1.165, 1.54) is 0 Å². The summed E-state index contributed by atoms with van der Waals surface area (Å²) in [5.41, 5.74) is 7.87. The summed E-state index contributed by atoms with van der Waals surface area (Å²) in [4.78, 5) is 3.34. The molecule has 0 unspecified atom stereocenters. The van der Waals surface area contributed by atoms with E-state index >= 15 is 0 Å². The number of piperidine rings is 1. The Hall–Kier alpha value is -1.18. The lowest BCUT2D eigenvalue weighted by atomic mass is 10.0. The van der Waals surface area contributed by atoms with E-state index in [2.05, 4.69) is 17.9 Å². The average Bonchev–Trinajstić information content (AvgIpc) is 2.39. The number of thioether (sulfide) groups is 1. The first-order valence-corrected chi connectivity index (χ1v) is 7.41. The Balaban J connectivity index is 2.32. The Morgan fingerprint density at radius 2 is 2.39 bits per heavy atom. The summed E-state index contributed by atoms with van der Waals surface area (Å²) < 4.78 is 0. The molecule has 0 amide bonds. The molecule has 0 aliphatic carbocycles.